The predicted octanol–water partition coefficient (Wildman–Crippen LogP) is 2.09. The summed E-state index contributed by atoms with van der Waals surface area (Å²) in [5.74, 6) is 3.12. The molecule has 0 aliphatic carbocycles. The van der Waals surface area contributed by atoms with E-state index in [1.165, 1.54) is 0 Å². The average molecular weight is 416 g/mol. The van der Waals surface area contributed by atoms with Crippen LogP contribution < -0.4 is 15.5 Å². The Bertz CT molecular complexity index is 856. The predicted molar refractivity (Wildman–Crippen MR) is 118 cm³/mol. The van der Waals surface area contributed by atoms with Gasteiger partial charge in [0.25, 0.3) is 0 Å². The molecule has 0 saturated carbocycles. The quantitative estimate of drug-likeness (QED) is 0.471. The summed E-state index contributed by atoms with van der Waals surface area (Å²) in [5.41, 5.74) is 0.764. The molecule has 1 unspecified atom stereocenters. The molecule has 1 saturated heterocycles. The second-order valence-corrected chi connectivity index (χ2v) is 7.74. The molecule has 2 aromatic rings. The van der Waals surface area contributed by atoms with E-state index in [0.717, 1.165) is 48.1 Å². The van der Waals surface area contributed by atoms with Crippen LogP contribution in [0.2, 0.25) is 0 Å². The Balaban J connectivity index is 1.70. The number of guanidine groups is 1. The normalized spacial score (nSPS) is 17.0. The molecule has 0 aromatic carbocycles. The van der Waals surface area contributed by atoms with Crippen molar-refractivity contribution in [1.29, 1.82) is 0 Å². The Morgan fingerprint density at radius 3 is 2.73 bits per heavy atom. The lowest BCUT2D eigenvalue weighted by atomic mass is 9.96. The maximum Gasteiger partial charge on any atom is 0.191 e. The Morgan fingerprint density at radius 1 is 1.30 bits per heavy atom. The molecule has 0 radical (unpaired) electrons. The first kappa shape index (κ1) is 22.1. The van der Waals surface area contributed by atoms with Gasteiger partial charge in [-0.15, -0.1) is 0 Å². The topological polar surface area (TPSA) is 95.2 Å². The lowest BCUT2D eigenvalue weighted by Crippen LogP contribution is -2.44. The van der Waals surface area contributed by atoms with Crippen LogP contribution in [0.4, 0.5) is 5.82 Å². The zero-order chi connectivity index (χ0) is 21.6. The number of hydrogen-bond donors (Lipinski definition) is 3. The van der Waals surface area contributed by atoms with Gasteiger partial charge in [0.2, 0.25) is 0 Å². The summed E-state index contributed by atoms with van der Waals surface area (Å²) in [6.07, 6.45) is 1.81. The van der Waals surface area contributed by atoms with Crippen molar-refractivity contribution in [1.82, 2.24) is 15.6 Å². The largest absolute Gasteiger partial charge is 0.466 e. The van der Waals surface area contributed by atoms with Crippen LogP contribution in [0.15, 0.2) is 33.8 Å². The van der Waals surface area contributed by atoms with Crippen LogP contribution >= 0.6 is 0 Å². The van der Waals surface area contributed by atoms with Crippen molar-refractivity contribution in [3.05, 3.63) is 47.0 Å². The van der Waals surface area contributed by atoms with Crippen molar-refractivity contribution >= 4 is 11.8 Å². The fourth-order valence-corrected chi connectivity index (χ4v) is 3.64. The van der Waals surface area contributed by atoms with Gasteiger partial charge < -0.3 is 29.8 Å². The van der Waals surface area contributed by atoms with Crippen molar-refractivity contribution in [3.8, 4) is 0 Å². The van der Waals surface area contributed by atoms with E-state index >= 15 is 0 Å². The number of ether oxygens (including phenoxy) is 1. The van der Waals surface area contributed by atoms with Gasteiger partial charge >= 0.3 is 0 Å². The number of pyridine rings is 1. The van der Waals surface area contributed by atoms with Crippen molar-refractivity contribution < 1.29 is 14.3 Å². The molecular formula is C22H33N5O3. The molecule has 0 amide bonds. The first-order valence-corrected chi connectivity index (χ1v) is 10.5. The summed E-state index contributed by atoms with van der Waals surface area (Å²) in [5, 5.41) is 17.5. The first-order chi connectivity index (χ1) is 14.4. The molecule has 0 spiro atoms. The monoisotopic (exact) mass is 415 g/mol. The number of aromatic nitrogens is 1. The number of furan rings is 1. The van der Waals surface area contributed by atoms with E-state index in [-0.39, 0.29) is 0 Å². The molecule has 0 bridgehead atoms. The third-order valence-electron chi connectivity index (χ3n) is 5.15. The third-order valence-corrected chi connectivity index (χ3v) is 5.15. The molecule has 30 heavy (non-hydrogen) atoms. The molecule has 3 heterocycles. The molecule has 1 aliphatic heterocycles. The minimum Gasteiger partial charge on any atom is -0.466 e. The zero-order valence-electron chi connectivity index (χ0n) is 18.4. The smallest absolute Gasteiger partial charge is 0.191 e. The van der Waals surface area contributed by atoms with Gasteiger partial charge in [0.05, 0.1) is 26.3 Å². The van der Waals surface area contributed by atoms with E-state index in [9.17, 15) is 5.11 Å². The maximum absolute atomic E-state index is 11.0. The van der Waals surface area contributed by atoms with Crippen LogP contribution in [-0.4, -0.2) is 55.4 Å². The van der Waals surface area contributed by atoms with Gasteiger partial charge in [-0.2, -0.15) is 0 Å². The highest BCUT2D eigenvalue weighted by molar-refractivity contribution is 5.80. The SMILES string of the molecule is CCNC(=NCc1cccnc1N1CCOCC1)NCC(C)(O)c1cc(C)oc1C. The van der Waals surface area contributed by atoms with Crippen molar-refractivity contribution in [3.63, 3.8) is 0 Å². The van der Waals surface area contributed by atoms with Gasteiger partial charge in [-0.3, -0.25) is 0 Å². The lowest BCUT2D eigenvalue weighted by molar-refractivity contribution is 0.0601. The molecule has 1 aliphatic rings. The van der Waals surface area contributed by atoms with Gasteiger partial charge in [-0.1, -0.05) is 6.07 Å². The maximum atomic E-state index is 11.0. The summed E-state index contributed by atoms with van der Waals surface area (Å²) in [7, 11) is 0. The van der Waals surface area contributed by atoms with Crippen molar-refractivity contribution in [2.24, 2.45) is 4.99 Å². The van der Waals surface area contributed by atoms with E-state index in [0.29, 0.717) is 32.3 Å². The number of aryl methyl sites for hydroxylation is 2. The number of nitrogens with zero attached hydrogens (tertiary/aromatic N) is 3. The van der Waals surface area contributed by atoms with E-state index in [4.69, 9.17) is 14.1 Å². The highest BCUT2D eigenvalue weighted by Crippen LogP contribution is 2.26. The van der Waals surface area contributed by atoms with Gasteiger partial charge in [-0.05, 0) is 39.8 Å². The standard InChI is InChI=1S/C22H33N5O3/c1-5-23-21(26-15-22(4,28)19-13-16(2)30-17(19)3)25-14-18-7-6-8-24-20(18)27-9-11-29-12-10-27/h6-8,13,28H,5,9-12,14-15H2,1-4H3,(H2,23,25,26). The molecule has 8 nitrogen and oxygen atoms in total. The van der Waals surface area contributed by atoms with Crippen LogP contribution in [-0.2, 0) is 16.9 Å². The van der Waals surface area contributed by atoms with Crippen molar-refractivity contribution in [2.75, 3.05) is 44.3 Å². The Labute approximate surface area is 178 Å². The Morgan fingerprint density at radius 2 is 2.07 bits per heavy atom. The number of morpholine rings is 1. The molecule has 1 fully saturated rings. The number of nitrogens with one attached hydrogen (secondary N) is 2. The average Bonchev–Trinajstić information content (AvgIpc) is 3.10. The summed E-state index contributed by atoms with van der Waals surface area (Å²) in [6.45, 7) is 12.1. The number of rotatable bonds is 7. The van der Waals surface area contributed by atoms with Crippen LogP contribution in [0.5, 0.6) is 0 Å². The van der Waals surface area contributed by atoms with Gasteiger partial charge in [-0.25, -0.2) is 9.98 Å². The van der Waals surface area contributed by atoms with Crippen LogP contribution in [0.25, 0.3) is 0 Å². The van der Waals surface area contributed by atoms with E-state index in [1.807, 2.05) is 39.1 Å². The Kier molecular flexibility index (Phi) is 7.33. The number of hydrogen-bond acceptors (Lipinski definition) is 6. The highest BCUT2D eigenvalue weighted by atomic mass is 16.5. The second kappa shape index (κ2) is 9.95. The minimum absolute atomic E-state index is 0.308. The molecule has 3 N–H and O–H groups in total. The summed E-state index contributed by atoms with van der Waals surface area (Å²) >= 11 is 0. The van der Waals surface area contributed by atoms with Gasteiger partial charge in [0.15, 0.2) is 5.96 Å². The Hall–Kier alpha value is -2.58. The zero-order valence-corrected chi connectivity index (χ0v) is 18.4. The first-order valence-electron chi connectivity index (χ1n) is 10.5. The van der Waals surface area contributed by atoms with E-state index in [2.05, 4.69) is 26.6 Å². The molecule has 3 rings (SSSR count). The fourth-order valence-electron chi connectivity index (χ4n) is 3.64. The molecule has 1 atom stereocenters. The summed E-state index contributed by atoms with van der Waals surface area (Å²) < 4.78 is 11.0. The highest BCUT2D eigenvalue weighted by Gasteiger charge is 2.28. The van der Waals surface area contributed by atoms with Crippen LogP contribution in [0, 0.1) is 13.8 Å². The second-order valence-electron chi connectivity index (χ2n) is 7.74. The third kappa shape index (κ3) is 5.52. The number of anilines is 1. The van der Waals surface area contributed by atoms with E-state index < -0.39 is 5.60 Å². The fraction of sp³-hybridized carbons (Fsp3) is 0.545. The van der Waals surface area contributed by atoms with Crippen LogP contribution in [0.1, 0.15) is 36.5 Å². The molecule has 8 heteroatoms. The molecule has 164 valence electrons. The number of aliphatic imine (C=N–C) groups is 1. The van der Waals surface area contributed by atoms with E-state index in [1.54, 1.807) is 6.92 Å². The minimum atomic E-state index is -1.08. The number of aliphatic hydroxyl groups is 1. The summed E-state index contributed by atoms with van der Waals surface area (Å²) in [4.78, 5) is 11.5. The van der Waals surface area contributed by atoms with Crippen molar-refractivity contribution in [2.45, 2.75) is 39.8 Å². The van der Waals surface area contributed by atoms with Crippen LogP contribution in [0.3, 0.4) is 0 Å². The molecule has 2 aromatic heterocycles. The van der Waals surface area contributed by atoms with Gasteiger partial charge in [0, 0.05) is 37.0 Å². The lowest BCUT2D eigenvalue weighted by Gasteiger charge is -2.29. The summed E-state index contributed by atoms with van der Waals surface area (Å²) in [6, 6.07) is 5.87. The van der Waals surface area contributed by atoms with Gasteiger partial charge in [0.1, 0.15) is 22.9 Å². The molecular weight excluding hydrogens is 382 g/mol.